The van der Waals surface area contributed by atoms with Gasteiger partial charge in [-0.3, -0.25) is 9.00 Å². The largest absolute Gasteiger partial charge is 0.467 e. The summed E-state index contributed by atoms with van der Waals surface area (Å²) in [4.78, 5) is 26.4. The molecule has 0 N–H and O–H groups in total. The van der Waals surface area contributed by atoms with Crippen LogP contribution in [0.15, 0.2) is 89.8 Å². The third kappa shape index (κ3) is 7.45. The average Bonchev–Trinajstić information content (AvgIpc) is 2.87. The van der Waals surface area contributed by atoms with Crippen LogP contribution in [0.5, 0.6) is 0 Å². The van der Waals surface area contributed by atoms with Gasteiger partial charge < -0.3 is 14.2 Å². The number of rotatable bonds is 12. The Bertz CT molecular complexity index is 1080. The van der Waals surface area contributed by atoms with Crippen molar-refractivity contribution in [2.45, 2.75) is 37.2 Å². The predicted octanol–water partition coefficient (Wildman–Crippen LogP) is 4.02. The van der Waals surface area contributed by atoms with Crippen molar-refractivity contribution in [1.29, 1.82) is 0 Å². The first kappa shape index (κ1) is 25.5. The molecule has 6 nitrogen and oxygen atoms in total. The number of benzene rings is 3. The number of carbonyl (C=O) groups is 2. The summed E-state index contributed by atoms with van der Waals surface area (Å²) in [5.74, 6) is -1.55. The maximum atomic E-state index is 13.3. The number of esters is 1. The van der Waals surface area contributed by atoms with Crippen LogP contribution in [0, 0.1) is 6.92 Å². The molecular formula is C27H28O6S. The molecule has 0 unspecified atom stereocenters. The van der Waals surface area contributed by atoms with E-state index in [0.29, 0.717) is 4.90 Å². The van der Waals surface area contributed by atoms with Crippen LogP contribution in [0.25, 0.3) is 0 Å². The first-order chi connectivity index (χ1) is 16.5. The second kappa shape index (κ2) is 12.9. The van der Waals surface area contributed by atoms with E-state index in [9.17, 15) is 13.8 Å². The summed E-state index contributed by atoms with van der Waals surface area (Å²) in [7, 11) is -0.373. The number of hydrogen-bond acceptors (Lipinski definition) is 6. The molecule has 7 heteroatoms. The first-order valence-corrected chi connectivity index (χ1v) is 12.2. The Morgan fingerprint density at radius 2 is 1.26 bits per heavy atom. The van der Waals surface area contributed by atoms with Gasteiger partial charge in [0.15, 0.2) is 18.0 Å². The fourth-order valence-electron chi connectivity index (χ4n) is 3.25. The van der Waals surface area contributed by atoms with Gasteiger partial charge in [-0.05, 0) is 30.2 Å². The maximum absolute atomic E-state index is 13.3. The molecule has 178 valence electrons. The zero-order chi connectivity index (χ0) is 24.3. The molecule has 0 radical (unpaired) electrons. The molecule has 0 spiro atoms. The lowest BCUT2D eigenvalue weighted by molar-refractivity contribution is -0.172. The fourth-order valence-corrected chi connectivity index (χ4v) is 4.28. The van der Waals surface area contributed by atoms with Gasteiger partial charge in [-0.2, -0.15) is 0 Å². The summed E-state index contributed by atoms with van der Waals surface area (Å²) in [5.41, 5.74) is 2.68. The molecule has 0 aromatic heterocycles. The van der Waals surface area contributed by atoms with Crippen LogP contribution in [-0.4, -0.2) is 41.0 Å². The molecule has 0 heterocycles. The molecule has 0 fully saturated rings. The van der Waals surface area contributed by atoms with E-state index in [4.69, 9.17) is 14.2 Å². The number of ether oxygens (including phenoxy) is 3. The van der Waals surface area contributed by atoms with Gasteiger partial charge in [0.05, 0.1) is 36.9 Å². The van der Waals surface area contributed by atoms with E-state index in [2.05, 4.69) is 0 Å². The molecule has 3 rings (SSSR count). The standard InChI is InChI=1S/C27H28O6S/c1-20-13-15-23(16-14-20)34(30)19-24(28)25(32-17-21-9-5-3-6-10-21)26(27(29)31-2)33-18-22-11-7-4-8-12-22/h3-16,25-26H,17-19H2,1-2H3/t25-,26+,34-/m1/s1. The lowest BCUT2D eigenvalue weighted by Gasteiger charge is -2.25. The number of ketones is 1. The minimum absolute atomic E-state index is 0.0800. The molecule has 3 aromatic carbocycles. The number of hydrogen-bond donors (Lipinski definition) is 0. The van der Waals surface area contributed by atoms with Crippen molar-refractivity contribution in [2.75, 3.05) is 12.9 Å². The molecule has 3 atom stereocenters. The normalized spacial score (nSPS) is 13.6. The van der Waals surface area contributed by atoms with E-state index in [1.54, 1.807) is 12.1 Å². The van der Waals surface area contributed by atoms with E-state index >= 15 is 0 Å². The van der Waals surface area contributed by atoms with Gasteiger partial charge in [0.2, 0.25) is 0 Å². The van der Waals surface area contributed by atoms with Crippen LogP contribution in [0.4, 0.5) is 0 Å². The monoisotopic (exact) mass is 480 g/mol. The molecule has 34 heavy (non-hydrogen) atoms. The SMILES string of the molecule is COC(=O)[C@@H](OCc1ccccc1)[C@H](OCc1ccccc1)C(=O)C[S@@](=O)c1ccc(C)cc1. The van der Waals surface area contributed by atoms with E-state index in [1.807, 2.05) is 79.7 Å². The highest BCUT2D eigenvalue weighted by atomic mass is 32.2. The second-order valence-electron chi connectivity index (χ2n) is 7.73. The molecule has 0 saturated carbocycles. The molecular weight excluding hydrogens is 452 g/mol. The third-order valence-electron chi connectivity index (χ3n) is 5.13. The summed E-state index contributed by atoms with van der Waals surface area (Å²) >= 11 is 0. The van der Waals surface area contributed by atoms with Gasteiger partial charge in [0.25, 0.3) is 0 Å². The Morgan fingerprint density at radius 1 is 0.765 bits per heavy atom. The Kier molecular flexibility index (Phi) is 9.70. The maximum Gasteiger partial charge on any atom is 0.338 e. The number of aryl methyl sites for hydroxylation is 1. The number of carbonyl (C=O) groups excluding carboxylic acids is 2. The van der Waals surface area contributed by atoms with Gasteiger partial charge in [-0.25, -0.2) is 4.79 Å². The fraction of sp³-hybridized carbons (Fsp3) is 0.259. The van der Waals surface area contributed by atoms with E-state index in [-0.39, 0.29) is 19.0 Å². The zero-order valence-electron chi connectivity index (χ0n) is 19.2. The van der Waals surface area contributed by atoms with Crippen LogP contribution in [0.3, 0.4) is 0 Å². The van der Waals surface area contributed by atoms with Gasteiger partial charge in [0, 0.05) is 4.90 Å². The second-order valence-corrected chi connectivity index (χ2v) is 9.18. The van der Waals surface area contributed by atoms with E-state index < -0.39 is 34.8 Å². The summed E-state index contributed by atoms with van der Waals surface area (Å²) in [5, 5.41) is 0. The molecule has 0 aliphatic carbocycles. The number of methoxy groups -OCH3 is 1. The highest BCUT2D eigenvalue weighted by Gasteiger charge is 2.37. The lowest BCUT2D eigenvalue weighted by atomic mass is 10.1. The minimum atomic E-state index is -1.60. The molecule has 0 aliphatic heterocycles. The van der Waals surface area contributed by atoms with Crippen LogP contribution < -0.4 is 0 Å². The van der Waals surface area contributed by atoms with Gasteiger partial charge in [-0.15, -0.1) is 0 Å². The van der Waals surface area contributed by atoms with Crippen LogP contribution in [0.1, 0.15) is 16.7 Å². The first-order valence-electron chi connectivity index (χ1n) is 10.8. The third-order valence-corrected chi connectivity index (χ3v) is 6.47. The van der Waals surface area contributed by atoms with Crippen molar-refractivity contribution in [2.24, 2.45) is 0 Å². The van der Waals surface area contributed by atoms with Gasteiger partial charge >= 0.3 is 5.97 Å². The van der Waals surface area contributed by atoms with Gasteiger partial charge in [0.1, 0.15) is 0 Å². The molecule has 0 bridgehead atoms. The quantitative estimate of drug-likeness (QED) is 0.365. The van der Waals surface area contributed by atoms with Crippen molar-refractivity contribution < 1.29 is 28.0 Å². The molecule has 0 saturated heterocycles. The smallest absolute Gasteiger partial charge is 0.338 e. The van der Waals surface area contributed by atoms with Crippen LogP contribution >= 0.6 is 0 Å². The Balaban J connectivity index is 1.81. The predicted molar refractivity (Wildman–Crippen MR) is 130 cm³/mol. The average molecular weight is 481 g/mol. The topological polar surface area (TPSA) is 78.9 Å². The van der Waals surface area contributed by atoms with Crippen molar-refractivity contribution in [3.8, 4) is 0 Å². The summed E-state index contributed by atoms with van der Waals surface area (Å²) in [6.45, 7) is 2.09. The highest BCUT2D eigenvalue weighted by Crippen LogP contribution is 2.17. The Labute approximate surface area is 202 Å². The van der Waals surface area contributed by atoms with Crippen LogP contribution in [0.2, 0.25) is 0 Å². The Hall–Kier alpha value is -3.13. The molecule has 3 aromatic rings. The lowest BCUT2D eigenvalue weighted by Crippen LogP contribution is -2.45. The summed E-state index contributed by atoms with van der Waals surface area (Å²) in [6, 6.07) is 25.7. The van der Waals surface area contributed by atoms with Gasteiger partial charge in [-0.1, -0.05) is 78.4 Å². The van der Waals surface area contributed by atoms with E-state index in [0.717, 1.165) is 16.7 Å². The molecule has 0 aliphatic rings. The van der Waals surface area contributed by atoms with Crippen molar-refractivity contribution in [1.82, 2.24) is 0 Å². The summed E-state index contributed by atoms with van der Waals surface area (Å²) in [6.07, 6.45) is -2.60. The van der Waals surface area contributed by atoms with Crippen molar-refractivity contribution in [3.63, 3.8) is 0 Å². The number of Topliss-reactive ketones (excluding diaryl/α,β-unsaturated/α-hetero) is 1. The van der Waals surface area contributed by atoms with Crippen molar-refractivity contribution in [3.05, 3.63) is 102 Å². The van der Waals surface area contributed by atoms with Crippen LogP contribution in [-0.2, 0) is 47.8 Å². The summed E-state index contributed by atoms with van der Waals surface area (Å²) < 4.78 is 29.5. The van der Waals surface area contributed by atoms with E-state index in [1.165, 1.54) is 7.11 Å². The molecule has 0 amide bonds. The highest BCUT2D eigenvalue weighted by molar-refractivity contribution is 7.85. The zero-order valence-corrected chi connectivity index (χ0v) is 20.0. The van der Waals surface area contributed by atoms with Crippen molar-refractivity contribution >= 4 is 22.6 Å². The Morgan fingerprint density at radius 3 is 1.76 bits per heavy atom. The minimum Gasteiger partial charge on any atom is -0.467 e.